The molecule has 0 bridgehead atoms. The molecular formula is C27H34N6O2. The van der Waals surface area contributed by atoms with E-state index in [-0.39, 0.29) is 18.6 Å². The number of hydrogen-bond acceptors (Lipinski definition) is 5. The van der Waals surface area contributed by atoms with Crippen molar-refractivity contribution < 1.29 is 9.53 Å². The summed E-state index contributed by atoms with van der Waals surface area (Å²) in [5.41, 5.74) is 6.53. The lowest BCUT2D eigenvalue weighted by Gasteiger charge is -2.19. The molecule has 8 heteroatoms. The molecular weight excluding hydrogens is 440 g/mol. The number of anilines is 1. The van der Waals surface area contributed by atoms with E-state index in [9.17, 15) is 10.1 Å². The normalized spacial score (nSPS) is 15.5. The third-order valence-corrected chi connectivity index (χ3v) is 6.89. The largest absolute Gasteiger partial charge is 0.376 e. The maximum Gasteiger partial charge on any atom is 0.239 e. The summed E-state index contributed by atoms with van der Waals surface area (Å²) in [6.45, 7) is 10.2. The predicted molar refractivity (Wildman–Crippen MR) is 136 cm³/mol. The van der Waals surface area contributed by atoms with Crippen LogP contribution in [0.3, 0.4) is 0 Å². The van der Waals surface area contributed by atoms with E-state index >= 15 is 0 Å². The van der Waals surface area contributed by atoms with Crippen molar-refractivity contribution in [3.8, 4) is 11.8 Å². The SMILES string of the molecule is Cc1nn(-c2ccccc2)c(C)c1CN(C)CC(=O)Nc1c(C#N)c(C)c(C)n1C[C@@H]1CCCO1. The van der Waals surface area contributed by atoms with Gasteiger partial charge in [-0.05, 0) is 65.3 Å². The number of hydrogen-bond donors (Lipinski definition) is 1. The first kappa shape index (κ1) is 24.7. The number of carbonyl (C=O) groups is 1. The number of nitriles is 1. The minimum absolute atomic E-state index is 0.109. The molecule has 0 unspecified atom stereocenters. The molecule has 3 aromatic rings. The van der Waals surface area contributed by atoms with Crippen LogP contribution in [0.5, 0.6) is 0 Å². The Morgan fingerprint density at radius 3 is 2.63 bits per heavy atom. The monoisotopic (exact) mass is 474 g/mol. The number of rotatable bonds is 8. The predicted octanol–water partition coefficient (Wildman–Crippen LogP) is 4.03. The van der Waals surface area contributed by atoms with E-state index in [1.165, 1.54) is 0 Å². The molecule has 4 rings (SSSR count). The van der Waals surface area contributed by atoms with Gasteiger partial charge in [-0.1, -0.05) is 18.2 Å². The number of nitrogens with one attached hydrogen (secondary N) is 1. The molecule has 0 spiro atoms. The lowest BCUT2D eigenvalue weighted by atomic mass is 10.2. The Kier molecular flexibility index (Phi) is 7.39. The summed E-state index contributed by atoms with van der Waals surface area (Å²) in [7, 11) is 1.92. The van der Waals surface area contributed by atoms with Crippen LogP contribution in [-0.4, -0.2) is 51.5 Å². The zero-order valence-electron chi connectivity index (χ0n) is 21.3. The molecule has 1 atom stereocenters. The minimum atomic E-state index is -0.152. The molecule has 1 N–H and O–H groups in total. The molecule has 0 aliphatic carbocycles. The molecule has 0 saturated carbocycles. The lowest BCUT2D eigenvalue weighted by molar-refractivity contribution is -0.117. The summed E-state index contributed by atoms with van der Waals surface area (Å²) in [6, 6.07) is 12.3. The van der Waals surface area contributed by atoms with Gasteiger partial charge in [-0.15, -0.1) is 0 Å². The molecule has 0 radical (unpaired) electrons. The highest BCUT2D eigenvalue weighted by molar-refractivity contribution is 5.93. The quantitative estimate of drug-likeness (QED) is 0.533. The van der Waals surface area contributed by atoms with Crippen molar-refractivity contribution in [1.82, 2.24) is 19.2 Å². The molecule has 1 fully saturated rings. The average Bonchev–Trinajstić information content (AvgIpc) is 3.51. The molecule has 1 aromatic carbocycles. The van der Waals surface area contributed by atoms with Crippen molar-refractivity contribution in [1.29, 1.82) is 5.26 Å². The molecule has 8 nitrogen and oxygen atoms in total. The third-order valence-electron chi connectivity index (χ3n) is 6.89. The Labute approximate surface area is 207 Å². The van der Waals surface area contributed by atoms with E-state index in [2.05, 4.69) is 18.3 Å². The van der Waals surface area contributed by atoms with Gasteiger partial charge in [-0.3, -0.25) is 9.69 Å². The molecule has 3 heterocycles. The first-order chi connectivity index (χ1) is 16.8. The maximum absolute atomic E-state index is 13.1. The van der Waals surface area contributed by atoms with Crippen LogP contribution >= 0.6 is 0 Å². The molecule has 35 heavy (non-hydrogen) atoms. The average molecular weight is 475 g/mol. The van der Waals surface area contributed by atoms with Gasteiger partial charge in [0.05, 0.1) is 36.1 Å². The smallest absolute Gasteiger partial charge is 0.239 e. The highest BCUT2D eigenvalue weighted by atomic mass is 16.5. The Bertz CT molecular complexity index is 1250. The van der Waals surface area contributed by atoms with Gasteiger partial charge >= 0.3 is 0 Å². The fraction of sp³-hybridized carbons (Fsp3) is 0.444. The number of carbonyl (C=O) groups excluding carboxylic acids is 1. The van der Waals surface area contributed by atoms with Crippen molar-refractivity contribution in [2.75, 3.05) is 25.5 Å². The Hall–Kier alpha value is -3.41. The van der Waals surface area contributed by atoms with Crippen LogP contribution in [0.4, 0.5) is 5.82 Å². The number of para-hydroxylation sites is 1. The minimum Gasteiger partial charge on any atom is -0.376 e. The Morgan fingerprint density at radius 2 is 1.97 bits per heavy atom. The number of ether oxygens (including phenoxy) is 1. The van der Waals surface area contributed by atoms with Crippen LogP contribution in [0.1, 0.15) is 46.6 Å². The number of nitrogens with zero attached hydrogens (tertiary/aromatic N) is 5. The van der Waals surface area contributed by atoms with E-state index in [0.717, 1.165) is 53.3 Å². The van der Waals surface area contributed by atoms with Gasteiger partial charge < -0.3 is 14.6 Å². The van der Waals surface area contributed by atoms with Gasteiger partial charge in [-0.2, -0.15) is 10.4 Å². The standard InChI is InChI=1S/C27H34N6O2/c1-18-20(3)32(15-23-12-9-13-35-23)27(24(18)14-28)29-26(34)17-31(5)16-25-19(2)30-33(21(25)4)22-10-7-6-8-11-22/h6-8,10-11,23H,9,12-13,15-17H2,1-5H3,(H,29,34)/t23-/m0/s1. The summed E-state index contributed by atoms with van der Waals surface area (Å²) < 4.78 is 9.78. The second-order valence-electron chi connectivity index (χ2n) is 9.41. The van der Waals surface area contributed by atoms with E-state index in [1.54, 1.807) is 0 Å². The summed E-state index contributed by atoms with van der Waals surface area (Å²) in [5, 5.41) is 17.5. The fourth-order valence-electron chi connectivity index (χ4n) is 4.82. The summed E-state index contributed by atoms with van der Waals surface area (Å²) in [5.74, 6) is 0.418. The summed E-state index contributed by atoms with van der Waals surface area (Å²) in [4.78, 5) is 15.0. The van der Waals surface area contributed by atoms with E-state index in [0.29, 0.717) is 24.5 Å². The first-order valence-electron chi connectivity index (χ1n) is 12.1. The number of aryl methyl sites for hydroxylation is 1. The molecule has 184 valence electrons. The van der Waals surface area contributed by atoms with Gasteiger partial charge in [0.15, 0.2) is 0 Å². The maximum atomic E-state index is 13.1. The lowest BCUT2D eigenvalue weighted by Crippen LogP contribution is -2.31. The van der Waals surface area contributed by atoms with E-state index in [1.807, 2.05) is 72.3 Å². The Balaban J connectivity index is 1.47. The van der Waals surface area contributed by atoms with Crippen LogP contribution in [0.15, 0.2) is 30.3 Å². The second-order valence-corrected chi connectivity index (χ2v) is 9.41. The van der Waals surface area contributed by atoms with Crippen molar-refractivity contribution in [3.05, 3.63) is 64.1 Å². The second kappa shape index (κ2) is 10.5. The molecule has 2 aromatic heterocycles. The van der Waals surface area contributed by atoms with Gasteiger partial charge in [0.25, 0.3) is 0 Å². The van der Waals surface area contributed by atoms with E-state index < -0.39 is 0 Å². The molecule has 1 saturated heterocycles. The first-order valence-corrected chi connectivity index (χ1v) is 12.1. The number of aromatic nitrogens is 3. The number of likely N-dealkylation sites (N-methyl/N-ethyl adjacent to an activating group) is 1. The van der Waals surface area contributed by atoms with Crippen LogP contribution in [0.25, 0.3) is 5.69 Å². The fourth-order valence-corrected chi connectivity index (χ4v) is 4.82. The summed E-state index contributed by atoms with van der Waals surface area (Å²) >= 11 is 0. The van der Waals surface area contributed by atoms with Crippen LogP contribution < -0.4 is 5.32 Å². The van der Waals surface area contributed by atoms with Gasteiger partial charge in [-0.25, -0.2) is 4.68 Å². The van der Waals surface area contributed by atoms with E-state index in [4.69, 9.17) is 9.84 Å². The molecule has 1 amide bonds. The van der Waals surface area contributed by atoms with Crippen LogP contribution in [0, 0.1) is 39.0 Å². The third kappa shape index (κ3) is 5.16. The van der Waals surface area contributed by atoms with Gasteiger partial charge in [0.2, 0.25) is 5.91 Å². The number of benzene rings is 1. The van der Waals surface area contributed by atoms with Gasteiger partial charge in [0.1, 0.15) is 11.9 Å². The Morgan fingerprint density at radius 1 is 1.23 bits per heavy atom. The van der Waals surface area contributed by atoms with Crippen molar-refractivity contribution in [2.24, 2.45) is 0 Å². The number of amides is 1. The van der Waals surface area contributed by atoms with Crippen molar-refractivity contribution in [3.63, 3.8) is 0 Å². The van der Waals surface area contributed by atoms with Crippen molar-refractivity contribution in [2.45, 2.75) is 59.7 Å². The summed E-state index contributed by atoms with van der Waals surface area (Å²) in [6.07, 6.45) is 2.14. The van der Waals surface area contributed by atoms with Gasteiger partial charge in [0, 0.05) is 30.1 Å². The zero-order chi connectivity index (χ0) is 25.1. The molecule has 1 aliphatic heterocycles. The highest BCUT2D eigenvalue weighted by Crippen LogP contribution is 2.28. The van der Waals surface area contributed by atoms with Crippen LogP contribution in [-0.2, 0) is 22.6 Å². The zero-order valence-corrected chi connectivity index (χ0v) is 21.3. The van der Waals surface area contributed by atoms with Crippen molar-refractivity contribution >= 4 is 11.7 Å². The van der Waals surface area contributed by atoms with Crippen LogP contribution in [0.2, 0.25) is 0 Å². The molecule has 1 aliphatic rings. The highest BCUT2D eigenvalue weighted by Gasteiger charge is 2.24. The topological polar surface area (TPSA) is 88.1 Å².